The smallest absolute Gasteiger partial charge is 0.250 e. The van der Waals surface area contributed by atoms with Crippen LogP contribution in [0.4, 0.5) is 0 Å². The van der Waals surface area contributed by atoms with Gasteiger partial charge in [-0.25, -0.2) is 15.4 Å². The molecule has 0 spiro atoms. The highest BCUT2D eigenvalue weighted by atomic mass is 32.2. The lowest BCUT2D eigenvalue weighted by Crippen LogP contribution is -2.19. The first kappa shape index (κ1) is 18.0. The summed E-state index contributed by atoms with van der Waals surface area (Å²) >= 11 is 1.26. The first-order valence-electron chi connectivity index (χ1n) is 7.80. The summed E-state index contributed by atoms with van der Waals surface area (Å²) in [5, 5.41) is 4.54. The molecule has 136 valence electrons. The molecule has 1 aromatic heterocycles. The van der Waals surface area contributed by atoms with Gasteiger partial charge in [0.2, 0.25) is 6.79 Å². The Morgan fingerprint density at radius 2 is 1.96 bits per heavy atom. The minimum atomic E-state index is -0.256. The topological polar surface area (TPSA) is 94.9 Å². The molecule has 1 N–H and O–H groups in total. The number of hydrazone groups is 1. The molecule has 0 fully saturated rings. The molecule has 26 heavy (non-hydrogen) atoms. The van der Waals surface area contributed by atoms with Crippen LogP contribution in [-0.2, 0) is 4.79 Å². The molecule has 0 bridgehead atoms. The maximum absolute atomic E-state index is 11.9. The van der Waals surface area contributed by atoms with Crippen molar-refractivity contribution in [3.63, 3.8) is 0 Å². The van der Waals surface area contributed by atoms with Crippen molar-refractivity contribution in [1.29, 1.82) is 0 Å². The molecule has 1 amide bonds. The van der Waals surface area contributed by atoms with Crippen LogP contribution in [-0.4, -0.2) is 41.7 Å². The number of rotatable bonds is 6. The number of nitrogens with one attached hydrogen (secondary N) is 1. The minimum absolute atomic E-state index is 0.165. The molecule has 9 heteroatoms. The molecule has 0 atom stereocenters. The van der Waals surface area contributed by atoms with Gasteiger partial charge in [-0.2, -0.15) is 5.10 Å². The highest BCUT2D eigenvalue weighted by Crippen LogP contribution is 2.37. The van der Waals surface area contributed by atoms with Crippen molar-refractivity contribution in [2.45, 2.75) is 19.0 Å². The lowest BCUT2D eigenvalue weighted by molar-refractivity contribution is -0.118. The summed E-state index contributed by atoms with van der Waals surface area (Å²) in [7, 11) is 1.55. The number of thioether (sulfide) groups is 1. The summed E-state index contributed by atoms with van der Waals surface area (Å²) in [5.41, 5.74) is 4.88. The third kappa shape index (κ3) is 4.42. The second-order valence-electron chi connectivity index (χ2n) is 5.46. The predicted molar refractivity (Wildman–Crippen MR) is 97.1 cm³/mol. The van der Waals surface area contributed by atoms with Gasteiger partial charge in [-0.3, -0.25) is 4.79 Å². The first-order valence-corrected chi connectivity index (χ1v) is 8.78. The Bertz CT molecular complexity index is 837. The fraction of sp³-hybridized carbons (Fsp3) is 0.294. The quantitative estimate of drug-likeness (QED) is 0.358. The van der Waals surface area contributed by atoms with E-state index in [1.165, 1.54) is 18.0 Å². The zero-order valence-electron chi connectivity index (χ0n) is 14.6. The second-order valence-corrected chi connectivity index (χ2v) is 6.41. The summed E-state index contributed by atoms with van der Waals surface area (Å²) in [6, 6.07) is 5.35. The van der Waals surface area contributed by atoms with E-state index in [0.717, 1.165) is 11.4 Å². The van der Waals surface area contributed by atoms with Crippen LogP contribution in [0.2, 0.25) is 0 Å². The molecular weight excluding hydrogens is 356 g/mol. The molecule has 0 saturated carbocycles. The predicted octanol–water partition coefficient (Wildman–Crippen LogP) is 2.07. The molecule has 0 radical (unpaired) electrons. The van der Waals surface area contributed by atoms with E-state index in [4.69, 9.17) is 14.2 Å². The van der Waals surface area contributed by atoms with E-state index >= 15 is 0 Å². The molecular formula is C17H18N4O4S. The molecule has 1 aromatic carbocycles. The highest BCUT2D eigenvalue weighted by molar-refractivity contribution is 7.99. The molecule has 2 aromatic rings. The van der Waals surface area contributed by atoms with Gasteiger partial charge in [0.15, 0.2) is 16.7 Å². The number of aromatic nitrogens is 2. The van der Waals surface area contributed by atoms with Crippen molar-refractivity contribution in [2.75, 3.05) is 19.7 Å². The standard InChI is InChI=1S/C17H18N4O4S/c1-10-4-11(2)20-17(19-10)26-8-16(22)21-18-7-12-5-14-15(25-9-24-14)6-13(12)23-3/h4-7H,8-9H2,1-3H3,(H,21,22)/b18-7+. The fourth-order valence-electron chi connectivity index (χ4n) is 2.31. The maximum atomic E-state index is 11.9. The monoisotopic (exact) mass is 374 g/mol. The summed E-state index contributed by atoms with van der Waals surface area (Å²) in [5.74, 6) is 1.71. The molecule has 1 aliphatic rings. The molecule has 8 nitrogen and oxygen atoms in total. The number of methoxy groups -OCH3 is 1. The molecule has 2 heterocycles. The average Bonchev–Trinajstić information content (AvgIpc) is 3.05. The Hall–Kier alpha value is -2.81. The number of carbonyl (C=O) groups excluding carboxylic acids is 1. The van der Waals surface area contributed by atoms with Crippen LogP contribution in [0.5, 0.6) is 17.2 Å². The van der Waals surface area contributed by atoms with E-state index in [2.05, 4.69) is 20.5 Å². The van der Waals surface area contributed by atoms with Crippen LogP contribution in [0.15, 0.2) is 28.5 Å². The van der Waals surface area contributed by atoms with Gasteiger partial charge in [0, 0.05) is 23.0 Å². The first-order chi connectivity index (χ1) is 12.5. The van der Waals surface area contributed by atoms with E-state index in [1.54, 1.807) is 19.2 Å². The number of hydrogen-bond acceptors (Lipinski definition) is 8. The van der Waals surface area contributed by atoms with E-state index in [9.17, 15) is 4.79 Å². The Morgan fingerprint density at radius 3 is 2.65 bits per heavy atom. The Balaban J connectivity index is 1.57. The van der Waals surface area contributed by atoms with Gasteiger partial charge < -0.3 is 14.2 Å². The summed E-state index contributed by atoms with van der Waals surface area (Å²) in [4.78, 5) is 20.5. The third-order valence-corrected chi connectivity index (χ3v) is 4.26. The fourth-order valence-corrected chi connectivity index (χ4v) is 3.05. The zero-order chi connectivity index (χ0) is 18.5. The van der Waals surface area contributed by atoms with Crippen LogP contribution in [0.3, 0.4) is 0 Å². The summed E-state index contributed by atoms with van der Waals surface area (Å²) < 4.78 is 15.9. The Labute approximate surface area is 155 Å². The van der Waals surface area contributed by atoms with Crippen molar-refractivity contribution >= 4 is 23.9 Å². The van der Waals surface area contributed by atoms with Gasteiger partial charge in [0.25, 0.3) is 5.91 Å². The zero-order valence-corrected chi connectivity index (χ0v) is 15.4. The van der Waals surface area contributed by atoms with Crippen molar-refractivity contribution in [2.24, 2.45) is 5.10 Å². The number of fused-ring (bicyclic) bond motifs is 1. The molecule has 0 unspecified atom stereocenters. The van der Waals surface area contributed by atoms with Gasteiger partial charge in [-0.15, -0.1) is 0 Å². The summed E-state index contributed by atoms with van der Waals surface area (Å²) in [6.45, 7) is 3.96. The largest absolute Gasteiger partial charge is 0.496 e. The number of aryl methyl sites for hydroxylation is 2. The van der Waals surface area contributed by atoms with E-state index in [-0.39, 0.29) is 18.5 Å². The molecule has 3 rings (SSSR count). The maximum Gasteiger partial charge on any atom is 0.250 e. The van der Waals surface area contributed by atoms with Crippen LogP contribution < -0.4 is 19.6 Å². The lowest BCUT2D eigenvalue weighted by atomic mass is 10.2. The Morgan fingerprint density at radius 1 is 1.27 bits per heavy atom. The van der Waals surface area contributed by atoms with Gasteiger partial charge >= 0.3 is 0 Å². The summed E-state index contributed by atoms with van der Waals surface area (Å²) in [6.07, 6.45) is 1.50. The molecule has 0 aliphatic carbocycles. The normalized spacial score (nSPS) is 12.4. The number of ether oxygens (including phenoxy) is 3. The van der Waals surface area contributed by atoms with E-state index < -0.39 is 0 Å². The number of benzene rings is 1. The van der Waals surface area contributed by atoms with Crippen LogP contribution in [0.1, 0.15) is 17.0 Å². The second kappa shape index (κ2) is 8.05. The average molecular weight is 374 g/mol. The van der Waals surface area contributed by atoms with E-state index in [0.29, 0.717) is 28.0 Å². The van der Waals surface area contributed by atoms with Gasteiger partial charge in [0.05, 0.1) is 19.1 Å². The van der Waals surface area contributed by atoms with Crippen molar-refractivity contribution < 1.29 is 19.0 Å². The van der Waals surface area contributed by atoms with Gasteiger partial charge in [0.1, 0.15) is 5.75 Å². The number of hydrogen-bond donors (Lipinski definition) is 1. The lowest BCUT2D eigenvalue weighted by Gasteiger charge is -2.06. The van der Waals surface area contributed by atoms with Crippen molar-refractivity contribution in [3.05, 3.63) is 35.2 Å². The highest BCUT2D eigenvalue weighted by Gasteiger charge is 2.17. The third-order valence-electron chi connectivity index (χ3n) is 3.41. The Kier molecular flexibility index (Phi) is 5.57. The van der Waals surface area contributed by atoms with Crippen LogP contribution in [0.25, 0.3) is 0 Å². The molecule has 1 aliphatic heterocycles. The minimum Gasteiger partial charge on any atom is -0.496 e. The van der Waals surface area contributed by atoms with Crippen LogP contribution >= 0.6 is 11.8 Å². The SMILES string of the molecule is COc1cc2c(cc1/C=N/NC(=O)CSc1nc(C)cc(C)n1)OCO2. The number of amides is 1. The van der Waals surface area contributed by atoms with Crippen molar-refractivity contribution in [1.82, 2.24) is 15.4 Å². The van der Waals surface area contributed by atoms with Gasteiger partial charge in [-0.1, -0.05) is 11.8 Å². The van der Waals surface area contributed by atoms with Crippen LogP contribution in [0, 0.1) is 13.8 Å². The number of carbonyl (C=O) groups is 1. The van der Waals surface area contributed by atoms with E-state index in [1.807, 2.05) is 19.9 Å². The molecule has 0 saturated heterocycles. The number of nitrogens with zero attached hydrogens (tertiary/aromatic N) is 3. The van der Waals surface area contributed by atoms with Crippen molar-refractivity contribution in [3.8, 4) is 17.2 Å². The van der Waals surface area contributed by atoms with Gasteiger partial charge in [-0.05, 0) is 26.0 Å².